The summed E-state index contributed by atoms with van der Waals surface area (Å²) >= 11 is 3.63. The molecule has 2 heterocycles. The first-order valence-electron chi connectivity index (χ1n) is 8.78. The number of benzene rings is 1. The fourth-order valence-corrected chi connectivity index (χ4v) is 4.13. The van der Waals surface area contributed by atoms with Crippen LogP contribution in [0.4, 0.5) is 0 Å². The van der Waals surface area contributed by atoms with Crippen LogP contribution in [0.15, 0.2) is 34.9 Å². The van der Waals surface area contributed by atoms with Crippen LogP contribution in [0.1, 0.15) is 35.7 Å². The average molecular weight is 435 g/mol. The van der Waals surface area contributed by atoms with Crippen LogP contribution >= 0.6 is 15.9 Å². The van der Waals surface area contributed by atoms with Crippen molar-refractivity contribution in [3.8, 4) is 11.5 Å². The van der Waals surface area contributed by atoms with Crippen LogP contribution in [0.3, 0.4) is 0 Å². The molecule has 1 aromatic carbocycles. The van der Waals surface area contributed by atoms with E-state index in [1.165, 1.54) is 0 Å². The highest BCUT2D eigenvalue weighted by Gasteiger charge is 2.38. The minimum absolute atomic E-state index is 0.302. The van der Waals surface area contributed by atoms with E-state index in [1.807, 2.05) is 42.3 Å². The van der Waals surface area contributed by atoms with Gasteiger partial charge in [-0.3, -0.25) is 14.7 Å². The van der Waals surface area contributed by atoms with Crippen LogP contribution in [0.2, 0.25) is 0 Å². The van der Waals surface area contributed by atoms with Gasteiger partial charge < -0.3 is 14.6 Å². The number of aliphatic carboxylic acids is 1. The molecular weight excluding hydrogens is 412 g/mol. The van der Waals surface area contributed by atoms with Crippen molar-refractivity contribution >= 4 is 21.9 Å². The summed E-state index contributed by atoms with van der Waals surface area (Å²) in [5.41, 5.74) is 2.76. The number of carbonyl (C=O) groups is 1. The number of hydrogen-bond donors (Lipinski definition) is 1. The maximum Gasteiger partial charge on any atom is 0.320 e. The van der Waals surface area contributed by atoms with E-state index in [0.717, 1.165) is 27.7 Å². The maximum absolute atomic E-state index is 11.8. The molecule has 1 aromatic heterocycles. The van der Waals surface area contributed by atoms with E-state index in [-0.39, 0.29) is 6.04 Å². The van der Waals surface area contributed by atoms with Gasteiger partial charge in [-0.15, -0.1) is 0 Å². The molecule has 2 aromatic rings. The molecule has 6 nitrogen and oxygen atoms in total. The number of hydrogen-bond acceptors (Lipinski definition) is 5. The van der Waals surface area contributed by atoms with Crippen LogP contribution in [0, 0.1) is 6.92 Å². The van der Waals surface area contributed by atoms with Crippen molar-refractivity contribution in [2.24, 2.45) is 0 Å². The smallest absolute Gasteiger partial charge is 0.320 e. The Hall–Kier alpha value is -2.12. The second-order valence-corrected chi connectivity index (χ2v) is 7.48. The van der Waals surface area contributed by atoms with Crippen LogP contribution < -0.4 is 9.47 Å². The van der Waals surface area contributed by atoms with E-state index in [4.69, 9.17) is 9.47 Å². The summed E-state index contributed by atoms with van der Waals surface area (Å²) < 4.78 is 11.7. The van der Waals surface area contributed by atoms with Crippen molar-refractivity contribution < 1.29 is 19.4 Å². The number of rotatable bonds is 6. The zero-order valence-electron chi connectivity index (χ0n) is 15.6. The Balaban J connectivity index is 2.15. The Labute approximate surface area is 167 Å². The minimum Gasteiger partial charge on any atom is -0.493 e. The highest BCUT2D eigenvalue weighted by atomic mass is 79.9. The summed E-state index contributed by atoms with van der Waals surface area (Å²) in [7, 11) is 3.18. The third kappa shape index (κ3) is 3.94. The van der Waals surface area contributed by atoms with Gasteiger partial charge in [-0.1, -0.05) is 22.0 Å². The number of carboxylic acids is 1. The second-order valence-electron chi connectivity index (χ2n) is 6.63. The van der Waals surface area contributed by atoms with Gasteiger partial charge in [0.1, 0.15) is 6.04 Å². The number of likely N-dealkylation sites (tertiary alicyclic amines) is 1. The van der Waals surface area contributed by atoms with Gasteiger partial charge in [-0.2, -0.15) is 0 Å². The molecule has 2 unspecified atom stereocenters. The van der Waals surface area contributed by atoms with Gasteiger partial charge in [0.2, 0.25) is 0 Å². The quantitative estimate of drug-likeness (QED) is 0.744. The Morgan fingerprint density at radius 3 is 2.59 bits per heavy atom. The van der Waals surface area contributed by atoms with Crippen molar-refractivity contribution in [2.75, 3.05) is 20.8 Å². The number of carboxylic acid groups (broad SMARTS) is 1. The highest BCUT2D eigenvalue weighted by molar-refractivity contribution is 9.10. The van der Waals surface area contributed by atoms with E-state index in [1.54, 1.807) is 14.2 Å². The monoisotopic (exact) mass is 434 g/mol. The van der Waals surface area contributed by atoms with Crippen molar-refractivity contribution in [1.82, 2.24) is 9.88 Å². The van der Waals surface area contributed by atoms with E-state index >= 15 is 0 Å². The van der Waals surface area contributed by atoms with Gasteiger partial charge in [0.25, 0.3) is 0 Å². The van der Waals surface area contributed by atoms with Crippen molar-refractivity contribution in [3.05, 3.63) is 51.8 Å². The lowest BCUT2D eigenvalue weighted by atomic mass is 9.99. The van der Waals surface area contributed by atoms with E-state index < -0.39 is 12.0 Å². The first kappa shape index (κ1) is 19.6. The Morgan fingerprint density at radius 1 is 1.30 bits per heavy atom. The molecule has 3 rings (SSSR count). The van der Waals surface area contributed by atoms with Crippen LogP contribution in [0.25, 0.3) is 0 Å². The highest BCUT2D eigenvalue weighted by Crippen LogP contribution is 2.42. The summed E-state index contributed by atoms with van der Waals surface area (Å²) in [6.07, 6.45) is 3.27. The van der Waals surface area contributed by atoms with Gasteiger partial charge in [-0.25, -0.2) is 0 Å². The number of ether oxygens (including phenoxy) is 2. The Kier molecular flexibility index (Phi) is 6.01. The number of nitrogens with zero attached hydrogens (tertiary/aromatic N) is 2. The number of halogens is 1. The maximum atomic E-state index is 11.8. The normalized spacial score (nSPS) is 18.3. The molecule has 2 atom stereocenters. The van der Waals surface area contributed by atoms with Gasteiger partial charge in [0.15, 0.2) is 11.5 Å². The summed E-state index contributed by atoms with van der Waals surface area (Å²) in [6, 6.07) is 6.85. The first-order valence-corrected chi connectivity index (χ1v) is 9.58. The molecule has 1 N–H and O–H groups in total. The molecule has 0 aliphatic carbocycles. The molecule has 1 fully saturated rings. The predicted molar refractivity (Wildman–Crippen MR) is 105 cm³/mol. The SMILES string of the molecule is COc1cc(Br)c(C(c2ccc(C)cn2)N2CCCC2C(=O)O)cc1OC. The molecule has 7 heteroatoms. The van der Waals surface area contributed by atoms with Crippen molar-refractivity contribution in [1.29, 1.82) is 0 Å². The molecule has 27 heavy (non-hydrogen) atoms. The molecule has 1 aliphatic rings. The van der Waals surface area contributed by atoms with E-state index in [2.05, 4.69) is 20.9 Å². The lowest BCUT2D eigenvalue weighted by molar-refractivity contribution is -0.142. The molecular formula is C20H23BrN2O4. The molecule has 0 saturated carbocycles. The lowest BCUT2D eigenvalue weighted by Gasteiger charge is -2.32. The summed E-state index contributed by atoms with van der Waals surface area (Å²) in [4.78, 5) is 18.4. The number of aromatic nitrogens is 1. The molecule has 0 bridgehead atoms. The summed E-state index contributed by atoms with van der Waals surface area (Å²) in [6.45, 7) is 2.67. The predicted octanol–water partition coefficient (Wildman–Crippen LogP) is 3.81. The molecule has 0 spiro atoms. The molecule has 0 radical (unpaired) electrons. The number of pyridine rings is 1. The van der Waals surface area contributed by atoms with Crippen molar-refractivity contribution in [3.63, 3.8) is 0 Å². The van der Waals surface area contributed by atoms with Crippen LogP contribution in [0.5, 0.6) is 11.5 Å². The van der Waals surface area contributed by atoms with Crippen LogP contribution in [-0.2, 0) is 4.79 Å². The van der Waals surface area contributed by atoms with E-state index in [0.29, 0.717) is 24.5 Å². The number of methoxy groups -OCH3 is 2. The van der Waals surface area contributed by atoms with Gasteiger partial charge in [0, 0.05) is 17.2 Å². The van der Waals surface area contributed by atoms with Crippen LogP contribution in [-0.4, -0.2) is 47.8 Å². The molecule has 144 valence electrons. The van der Waals surface area contributed by atoms with Gasteiger partial charge in [-0.05, 0) is 49.1 Å². The fourth-order valence-electron chi connectivity index (χ4n) is 3.59. The Morgan fingerprint density at radius 2 is 2.00 bits per heavy atom. The standard InChI is InChI=1S/C20H23BrN2O4/c1-12-6-7-15(22-11-12)19(23-8-4-5-16(23)20(24)25)13-9-17(26-2)18(27-3)10-14(13)21/h6-7,9-11,16,19H,4-5,8H2,1-3H3,(H,24,25). The largest absolute Gasteiger partial charge is 0.493 e. The topological polar surface area (TPSA) is 71.9 Å². The second kappa shape index (κ2) is 8.27. The molecule has 0 amide bonds. The van der Waals surface area contributed by atoms with Crippen molar-refractivity contribution in [2.45, 2.75) is 31.8 Å². The summed E-state index contributed by atoms with van der Waals surface area (Å²) in [5.74, 6) is 0.403. The lowest BCUT2D eigenvalue weighted by Crippen LogP contribution is -2.39. The third-order valence-corrected chi connectivity index (χ3v) is 5.61. The van der Waals surface area contributed by atoms with E-state index in [9.17, 15) is 9.90 Å². The third-order valence-electron chi connectivity index (χ3n) is 4.92. The van der Waals surface area contributed by atoms with Gasteiger partial charge >= 0.3 is 5.97 Å². The first-order chi connectivity index (χ1) is 13.0. The zero-order valence-corrected chi connectivity index (χ0v) is 17.2. The van der Waals surface area contributed by atoms with Gasteiger partial charge in [0.05, 0.1) is 26.0 Å². The molecule has 1 aliphatic heterocycles. The summed E-state index contributed by atoms with van der Waals surface area (Å²) in [5, 5.41) is 9.70. The minimum atomic E-state index is -0.804. The Bertz CT molecular complexity index is 825. The molecule has 1 saturated heterocycles. The number of aryl methyl sites for hydroxylation is 1. The fraction of sp³-hybridized carbons (Fsp3) is 0.400. The average Bonchev–Trinajstić information content (AvgIpc) is 3.14. The zero-order chi connectivity index (χ0) is 19.6.